The molecule has 0 radical (unpaired) electrons. The van der Waals surface area contributed by atoms with Crippen LogP contribution in [0.4, 0.5) is 0 Å². The van der Waals surface area contributed by atoms with Gasteiger partial charge in [0.25, 0.3) is 0 Å². The summed E-state index contributed by atoms with van der Waals surface area (Å²) in [6.45, 7) is 1.03. The molecule has 3 heteroatoms. The number of rotatable bonds is 6. The van der Waals surface area contributed by atoms with E-state index in [1.807, 2.05) is 31.3 Å². The van der Waals surface area contributed by atoms with Crippen LogP contribution in [-0.2, 0) is 0 Å². The highest BCUT2D eigenvalue weighted by Crippen LogP contribution is 2.30. The molecule has 0 aliphatic rings. The van der Waals surface area contributed by atoms with Crippen molar-refractivity contribution in [2.45, 2.75) is 18.8 Å². The Labute approximate surface area is 130 Å². The SMILES string of the molecule is CNCCCC(c1ccc(Cl)cc1)c1ccc(Cl)cc1. The summed E-state index contributed by atoms with van der Waals surface area (Å²) in [6.07, 6.45) is 2.23. The van der Waals surface area contributed by atoms with E-state index < -0.39 is 0 Å². The molecule has 0 amide bonds. The van der Waals surface area contributed by atoms with E-state index in [9.17, 15) is 0 Å². The molecule has 1 N–H and O–H groups in total. The largest absolute Gasteiger partial charge is 0.320 e. The normalized spacial score (nSPS) is 11.0. The lowest BCUT2D eigenvalue weighted by molar-refractivity contribution is 0.629. The quantitative estimate of drug-likeness (QED) is 0.730. The summed E-state index contributed by atoms with van der Waals surface area (Å²) >= 11 is 12.0. The fourth-order valence-electron chi connectivity index (χ4n) is 2.40. The molecule has 0 aromatic heterocycles. The van der Waals surface area contributed by atoms with Crippen molar-refractivity contribution >= 4 is 23.2 Å². The molecule has 2 aromatic carbocycles. The summed E-state index contributed by atoms with van der Waals surface area (Å²) in [5.74, 6) is 0.387. The average Bonchev–Trinajstić information content (AvgIpc) is 2.46. The predicted octanol–water partition coefficient (Wildman–Crippen LogP) is 5.12. The smallest absolute Gasteiger partial charge is 0.0406 e. The molecule has 0 aliphatic carbocycles. The first-order chi connectivity index (χ1) is 9.70. The van der Waals surface area contributed by atoms with Crippen molar-refractivity contribution in [3.8, 4) is 0 Å². The van der Waals surface area contributed by atoms with Gasteiger partial charge in [-0.1, -0.05) is 47.5 Å². The number of halogens is 2. The fraction of sp³-hybridized carbons (Fsp3) is 0.294. The van der Waals surface area contributed by atoms with Gasteiger partial charge in [0, 0.05) is 16.0 Å². The second kappa shape index (κ2) is 7.68. The van der Waals surface area contributed by atoms with Gasteiger partial charge in [-0.2, -0.15) is 0 Å². The van der Waals surface area contributed by atoms with Gasteiger partial charge in [0.15, 0.2) is 0 Å². The number of hydrogen-bond acceptors (Lipinski definition) is 1. The van der Waals surface area contributed by atoms with Gasteiger partial charge in [-0.25, -0.2) is 0 Å². The zero-order chi connectivity index (χ0) is 14.4. The van der Waals surface area contributed by atoms with Crippen molar-refractivity contribution in [3.05, 3.63) is 69.7 Å². The lowest BCUT2D eigenvalue weighted by Gasteiger charge is -2.18. The minimum absolute atomic E-state index is 0.387. The predicted molar refractivity (Wildman–Crippen MR) is 87.9 cm³/mol. The van der Waals surface area contributed by atoms with Gasteiger partial charge in [-0.15, -0.1) is 0 Å². The third kappa shape index (κ3) is 4.24. The molecule has 0 saturated heterocycles. The van der Waals surface area contributed by atoms with Gasteiger partial charge in [-0.3, -0.25) is 0 Å². The van der Waals surface area contributed by atoms with Crippen molar-refractivity contribution in [2.75, 3.05) is 13.6 Å². The minimum Gasteiger partial charge on any atom is -0.320 e. The maximum atomic E-state index is 5.98. The van der Waals surface area contributed by atoms with Gasteiger partial charge >= 0.3 is 0 Å². The van der Waals surface area contributed by atoms with Crippen molar-refractivity contribution in [3.63, 3.8) is 0 Å². The average molecular weight is 308 g/mol. The Balaban J connectivity index is 2.23. The maximum absolute atomic E-state index is 5.98. The Bertz CT molecular complexity index is 474. The van der Waals surface area contributed by atoms with E-state index in [-0.39, 0.29) is 0 Å². The van der Waals surface area contributed by atoms with Crippen LogP contribution in [0.15, 0.2) is 48.5 Å². The molecule has 20 heavy (non-hydrogen) atoms. The van der Waals surface area contributed by atoms with E-state index in [0.717, 1.165) is 29.4 Å². The summed E-state index contributed by atoms with van der Waals surface area (Å²) in [5.41, 5.74) is 2.60. The van der Waals surface area contributed by atoms with Crippen LogP contribution >= 0.6 is 23.2 Å². The van der Waals surface area contributed by atoms with E-state index >= 15 is 0 Å². The second-order valence-electron chi connectivity index (χ2n) is 4.90. The van der Waals surface area contributed by atoms with Crippen molar-refractivity contribution in [2.24, 2.45) is 0 Å². The maximum Gasteiger partial charge on any atom is 0.0406 e. The van der Waals surface area contributed by atoms with Crippen molar-refractivity contribution < 1.29 is 0 Å². The summed E-state index contributed by atoms with van der Waals surface area (Å²) in [7, 11) is 1.99. The number of hydrogen-bond donors (Lipinski definition) is 1. The monoisotopic (exact) mass is 307 g/mol. The van der Waals surface area contributed by atoms with E-state index in [1.54, 1.807) is 0 Å². The third-order valence-electron chi connectivity index (χ3n) is 3.46. The van der Waals surface area contributed by atoms with Crippen LogP contribution < -0.4 is 5.32 Å². The van der Waals surface area contributed by atoms with E-state index in [2.05, 4.69) is 29.6 Å². The summed E-state index contributed by atoms with van der Waals surface area (Å²) in [4.78, 5) is 0. The number of nitrogens with one attached hydrogen (secondary N) is 1. The first kappa shape index (κ1) is 15.4. The van der Waals surface area contributed by atoms with E-state index in [1.165, 1.54) is 11.1 Å². The standard InChI is InChI=1S/C17H19Cl2N/c1-20-12-2-3-17(13-4-8-15(18)9-5-13)14-6-10-16(19)11-7-14/h4-11,17,20H,2-3,12H2,1H3. The molecule has 0 atom stereocenters. The van der Waals surface area contributed by atoms with Gasteiger partial charge in [0.05, 0.1) is 0 Å². The fourth-order valence-corrected chi connectivity index (χ4v) is 2.65. The lowest BCUT2D eigenvalue weighted by Crippen LogP contribution is -2.10. The van der Waals surface area contributed by atoms with Gasteiger partial charge in [0.2, 0.25) is 0 Å². The summed E-state index contributed by atoms with van der Waals surface area (Å²) < 4.78 is 0. The van der Waals surface area contributed by atoms with Gasteiger partial charge in [0.1, 0.15) is 0 Å². The highest BCUT2D eigenvalue weighted by atomic mass is 35.5. The zero-order valence-electron chi connectivity index (χ0n) is 11.6. The van der Waals surface area contributed by atoms with Crippen LogP contribution in [0.25, 0.3) is 0 Å². The molecular formula is C17H19Cl2N. The first-order valence-electron chi connectivity index (χ1n) is 6.86. The Morgan fingerprint density at radius 3 is 1.70 bits per heavy atom. The highest BCUT2D eigenvalue weighted by molar-refractivity contribution is 6.30. The van der Waals surface area contributed by atoms with Crippen LogP contribution in [0.5, 0.6) is 0 Å². The molecule has 0 saturated carbocycles. The Morgan fingerprint density at radius 2 is 1.30 bits per heavy atom. The Morgan fingerprint density at radius 1 is 0.850 bits per heavy atom. The molecule has 2 rings (SSSR count). The zero-order valence-corrected chi connectivity index (χ0v) is 13.1. The molecule has 1 nitrogen and oxygen atoms in total. The molecule has 0 bridgehead atoms. The Hall–Kier alpha value is -1.02. The molecular weight excluding hydrogens is 289 g/mol. The molecule has 0 aliphatic heterocycles. The van der Waals surface area contributed by atoms with Crippen molar-refractivity contribution in [1.82, 2.24) is 5.32 Å². The molecule has 2 aromatic rings. The van der Waals surface area contributed by atoms with Crippen LogP contribution in [0.3, 0.4) is 0 Å². The van der Waals surface area contributed by atoms with Crippen LogP contribution in [-0.4, -0.2) is 13.6 Å². The molecule has 0 unspecified atom stereocenters. The summed E-state index contributed by atoms with van der Waals surface area (Å²) in [6, 6.07) is 16.3. The number of benzene rings is 2. The van der Waals surface area contributed by atoms with Crippen LogP contribution in [0, 0.1) is 0 Å². The van der Waals surface area contributed by atoms with E-state index in [0.29, 0.717) is 5.92 Å². The summed E-state index contributed by atoms with van der Waals surface area (Å²) in [5, 5.41) is 4.76. The van der Waals surface area contributed by atoms with Gasteiger partial charge in [-0.05, 0) is 61.8 Å². The second-order valence-corrected chi connectivity index (χ2v) is 5.77. The minimum atomic E-state index is 0.387. The molecule has 0 spiro atoms. The lowest BCUT2D eigenvalue weighted by atomic mass is 9.87. The highest BCUT2D eigenvalue weighted by Gasteiger charge is 2.13. The molecule has 0 fully saturated rings. The first-order valence-corrected chi connectivity index (χ1v) is 7.62. The van der Waals surface area contributed by atoms with Crippen LogP contribution in [0.2, 0.25) is 10.0 Å². The topological polar surface area (TPSA) is 12.0 Å². The Kier molecular flexibility index (Phi) is 5.90. The van der Waals surface area contributed by atoms with Gasteiger partial charge < -0.3 is 5.32 Å². The van der Waals surface area contributed by atoms with Crippen LogP contribution in [0.1, 0.15) is 29.9 Å². The van der Waals surface area contributed by atoms with Crippen molar-refractivity contribution in [1.29, 1.82) is 0 Å². The third-order valence-corrected chi connectivity index (χ3v) is 3.97. The van der Waals surface area contributed by atoms with E-state index in [4.69, 9.17) is 23.2 Å². The molecule has 0 heterocycles. The molecule has 106 valence electrons.